The van der Waals surface area contributed by atoms with Crippen LogP contribution in [0.5, 0.6) is 0 Å². The lowest BCUT2D eigenvalue weighted by Crippen LogP contribution is -2.86. The van der Waals surface area contributed by atoms with Crippen molar-refractivity contribution in [2.24, 2.45) is 5.41 Å². The smallest absolute Gasteiger partial charge is 0.376 e. The van der Waals surface area contributed by atoms with Gasteiger partial charge in [0, 0.05) is 13.2 Å². The second-order valence-corrected chi connectivity index (χ2v) is 17.5. The van der Waals surface area contributed by atoms with Gasteiger partial charge in [-0.05, 0) is 13.8 Å². The van der Waals surface area contributed by atoms with Crippen molar-refractivity contribution >= 4 is 9.53 Å². The molecule has 0 bridgehead atoms. The van der Waals surface area contributed by atoms with Crippen molar-refractivity contribution in [1.82, 2.24) is 0 Å². The highest BCUT2D eigenvalue weighted by atomic mass is 28.3. The van der Waals surface area contributed by atoms with Gasteiger partial charge in [-0.3, -0.25) is 0 Å². The van der Waals surface area contributed by atoms with Crippen LogP contribution < -0.4 is 0 Å². The number of hydrogen-bond donors (Lipinski definition) is 0. The third-order valence-corrected chi connectivity index (χ3v) is 12.5. The van der Waals surface area contributed by atoms with E-state index in [2.05, 4.69) is 13.3 Å². The molecule has 512 valence electrons. The molecular formula is C30H13F51O3Si. The molecular weight excluding hydrogens is 1410 g/mol. The van der Waals surface area contributed by atoms with Gasteiger partial charge in [-0.15, -0.1) is 0 Å². The molecule has 0 spiro atoms. The number of rotatable bonds is 28. The lowest BCUT2D eigenvalue weighted by Gasteiger charge is -2.56. The van der Waals surface area contributed by atoms with Crippen LogP contribution in [0.4, 0.5) is 224 Å². The van der Waals surface area contributed by atoms with Crippen molar-refractivity contribution in [3.63, 3.8) is 0 Å². The largest absolute Gasteiger partial charge is 0.484 e. The molecule has 3 nitrogen and oxygen atoms in total. The fourth-order valence-electron chi connectivity index (χ4n) is 5.77. The molecule has 0 aromatic carbocycles. The Balaban J connectivity index is 10.8. The van der Waals surface area contributed by atoms with Crippen LogP contribution in [0.2, 0.25) is 0 Å². The minimum Gasteiger partial charge on any atom is -0.376 e. The lowest BCUT2D eigenvalue weighted by molar-refractivity contribution is -0.517. The van der Waals surface area contributed by atoms with E-state index in [-0.39, 0.29) is 13.8 Å². The molecule has 0 rings (SSSR count). The maximum atomic E-state index is 16.4. The van der Waals surface area contributed by atoms with E-state index in [4.69, 9.17) is 0 Å². The van der Waals surface area contributed by atoms with Crippen molar-refractivity contribution in [1.29, 1.82) is 0 Å². The van der Waals surface area contributed by atoms with E-state index in [1.807, 2.05) is 0 Å². The van der Waals surface area contributed by atoms with Gasteiger partial charge < -0.3 is 13.3 Å². The summed E-state index contributed by atoms with van der Waals surface area (Å²) >= 11 is 0. The van der Waals surface area contributed by atoms with E-state index >= 15 is 79.0 Å². The summed E-state index contributed by atoms with van der Waals surface area (Å²) in [4.78, 5) is 0. The molecule has 0 heterocycles. The van der Waals surface area contributed by atoms with Crippen molar-refractivity contribution in [3.05, 3.63) is 0 Å². The standard InChI is InChI=1S/C30H13F51O3Si/c1-3-82-85(83-4-2)84-5-6(7(31,32)10(37,38)13(43,44)16(49,50)19(55,56)22(61,62)25(67,68)28(73,74)75,8(33,34)11(39,40)14(45,46)17(51,52)20(57,58)23(63,64)26(69,70)29(76,77)78)9(35,36)12(41,42)15(47,48)18(53,54)21(59,60)24(65,66)27(71,72)30(79,80)81/h85H,3-5H2,1-2H3. The molecule has 0 aromatic heterocycles. The zero-order valence-electron chi connectivity index (χ0n) is 37.7. The summed E-state index contributed by atoms with van der Waals surface area (Å²) in [5.41, 5.74) is -11.6. The van der Waals surface area contributed by atoms with Crippen LogP contribution in [0.25, 0.3) is 0 Å². The molecule has 0 fully saturated rings. The summed E-state index contributed by atoms with van der Waals surface area (Å²) in [6, 6.07) is 0. The molecule has 85 heavy (non-hydrogen) atoms. The van der Waals surface area contributed by atoms with Gasteiger partial charge in [0.05, 0.1) is 6.61 Å². The summed E-state index contributed by atoms with van der Waals surface area (Å²) in [6.45, 7) is -10.8. The topological polar surface area (TPSA) is 27.7 Å². The number of halogens is 51. The molecule has 0 saturated carbocycles. The zero-order chi connectivity index (χ0) is 70.3. The second kappa shape index (κ2) is 21.1. The molecule has 0 N–H and O–H groups in total. The van der Waals surface area contributed by atoms with Gasteiger partial charge in [-0.2, -0.15) is 224 Å². The first-order chi connectivity index (χ1) is 36.0. The molecule has 0 aliphatic rings. The summed E-state index contributed by atoms with van der Waals surface area (Å²) in [7, 11) is -6.66. The van der Waals surface area contributed by atoms with Crippen LogP contribution in [0.15, 0.2) is 0 Å². The van der Waals surface area contributed by atoms with Crippen LogP contribution in [-0.4, -0.2) is 172 Å². The normalized spacial score (nSPS) is 17.2. The zero-order valence-corrected chi connectivity index (χ0v) is 38.9. The molecule has 0 radical (unpaired) electrons. The molecule has 0 aromatic rings. The van der Waals surface area contributed by atoms with E-state index < -0.39 is 178 Å². The number of hydrogen-bond acceptors (Lipinski definition) is 3. The van der Waals surface area contributed by atoms with Gasteiger partial charge in [0.15, 0.2) is 0 Å². The van der Waals surface area contributed by atoms with Gasteiger partial charge >= 0.3 is 152 Å². The monoisotopic (exact) mass is 1420 g/mol. The van der Waals surface area contributed by atoms with Crippen molar-refractivity contribution in [2.75, 3.05) is 19.8 Å². The Morgan fingerprint density at radius 3 is 0.412 bits per heavy atom. The van der Waals surface area contributed by atoms with Gasteiger partial charge in [-0.1, -0.05) is 0 Å². The third kappa shape index (κ3) is 9.85. The average Bonchev–Trinajstić information content (AvgIpc) is 3.26. The highest BCUT2D eigenvalue weighted by Crippen LogP contribution is 2.77. The average molecular weight is 1420 g/mol. The van der Waals surface area contributed by atoms with E-state index in [0.717, 1.165) is 0 Å². The summed E-state index contributed by atoms with van der Waals surface area (Å²) in [5.74, 6) is -227. The third-order valence-electron chi connectivity index (χ3n) is 10.8. The van der Waals surface area contributed by atoms with Crippen molar-refractivity contribution in [3.8, 4) is 0 Å². The summed E-state index contributed by atoms with van der Waals surface area (Å²) in [6.07, 6.45) is -26.8. The highest BCUT2D eigenvalue weighted by molar-refractivity contribution is 6.36. The predicted molar refractivity (Wildman–Crippen MR) is 161 cm³/mol. The molecule has 0 amide bonds. The minimum absolute atomic E-state index is 0.00734. The van der Waals surface area contributed by atoms with E-state index in [1.54, 1.807) is 0 Å². The summed E-state index contributed by atoms with van der Waals surface area (Å²) < 4.78 is 742. The second-order valence-electron chi connectivity index (χ2n) is 16.0. The maximum absolute atomic E-state index is 16.4. The first kappa shape index (κ1) is 81.5. The van der Waals surface area contributed by atoms with Crippen LogP contribution in [0.3, 0.4) is 0 Å². The SMILES string of the molecule is CCO[SiH](OCC)OCC(C(F)(F)C(F)(F)C(F)(F)C(F)(F)C(F)(F)C(F)(F)C(F)(F)C(F)(F)F)(C(F)(F)C(F)(F)C(F)(F)C(F)(F)C(F)(F)C(F)(F)C(F)(F)C(F)(F)F)C(F)(F)C(F)(F)C(F)(F)C(F)(F)C(F)(F)C(F)(F)C(F)(F)C(F)(F)F. The fourth-order valence-corrected chi connectivity index (χ4v) is 6.99. The van der Waals surface area contributed by atoms with Crippen molar-refractivity contribution in [2.45, 2.75) is 157 Å². The molecule has 0 aliphatic heterocycles. The van der Waals surface area contributed by atoms with Crippen LogP contribution in [0.1, 0.15) is 13.8 Å². The van der Waals surface area contributed by atoms with Gasteiger partial charge in [0.2, 0.25) is 5.41 Å². The van der Waals surface area contributed by atoms with Crippen LogP contribution in [-0.2, 0) is 13.3 Å². The van der Waals surface area contributed by atoms with E-state index in [1.165, 1.54) is 0 Å². The van der Waals surface area contributed by atoms with E-state index in [0.29, 0.717) is 0 Å². The predicted octanol–water partition coefficient (Wildman–Crippen LogP) is 16.8. The van der Waals surface area contributed by atoms with Gasteiger partial charge in [0.25, 0.3) is 0 Å². The van der Waals surface area contributed by atoms with Crippen molar-refractivity contribution < 1.29 is 237 Å². The highest BCUT2D eigenvalue weighted by Gasteiger charge is 3.07. The summed E-state index contributed by atoms with van der Waals surface area (Å²) in [5, 5.41) is 0. The quantitative estimate of drug-likeness (QED) is 0.0577. The van der Waals surface area contributed by atoms with Gasteiger partial charge in [-0.25, -0.2) is 0 Å². The van der Waals surface area contributed by atoms with E-state index in [9.17, 15) is 145 Å². The Morgan fingerprint density at radius 2 is 0.294 bits per heavy atom. The minimum atomic E-state index is -11.9. The molecule has 0 atom stereocenters. The Kier molecular flexibility index (Phi) is 20.2. The number of alkyl halides is 51. The lowest BCUT2D eigenvalue weighted by atomic mass is 9.61. The Bertz CT molecular complexity index is 2070. The maximum Gasteiger partial charge on any atom is 0.484 e. The Labute approximate surface area is 429 Å². The first-order valence-corrected chi connectivity index (χ1v) is 20.4. The first-order valence-electron chi connectivity index (χ1n) is 19.0. The van der Waals surface area contributed by atoms with Gasteiger partial charge in [0.1, 0.15) is 0 Å². The molecule has 55 heteroatoms. The molecule has 0 unspecified atom stereocenters. The fraction of sp³-hybridized carbons (Fsp3) is 1.00. The Morgan fingerprint density at radius 1 is 0.176 bits per heavy atom. The van der Waals surface area contributed by atoms with Crippen LogP contribution >= 0.6 is 0 Å². The Hall–Kier alpha value is -3.47. The molecule has 0 saturated heterocycles. The van der Waals surface area contributed by atoms with Crippen LogP contribution in [0, 0.1) is 5.41 Å². The molecule has 0 aliphatic carbocycles.